The topological polar surface area (TPSA) is 64.4 Å². The summed E-state index contributed by atoms with van der Waals surface area (Å²) < 4.78 is 20.2. The van der Waals surface area contributed by atoms with Crippen molar-refractivity contribution in [3.63, 3.8) is 0 Å². The van der Waals surface area contributed by atoms with E-state index in [4.69, 9.17) is 4.74 Å². The maximum Gasteiger partial charge on any atom is 0.287 e. The summed E-state index contributed by atoms with van der Waals surface area (Å²) in [6.45, 7) is 5.44. The molecule has 2 aromatic carbocycles. The second kappa shape index (κ2) is 9.45. The molecule has 0 radical (unpaired) electrons. The van der Waals surface area contributed by atoms with Gasteiger partial charge in [-0.15, -0.1) is 11.8 Å². The molecule has 3 aromatic rings. The molecule has 0 fully saturated rings. The van der Waals surface area contributed by atoms with Gasteiger partial charge in [-0.2, -0.15) is 0 Å². The van der Waals surface area contributed by atoms with Crippen molar-refractivity contribution in [1.29, 1.82) is 0 Å². The Hall–Kier alpha value is -2.64. The highest BCUT2D eigenvalue weighted by Gasteiger charge is 2.15. The lowest BCUT2D eigenvalue weighted by molar-refractivity contribution is 0.0282. The Morgan fingerprint density at radius 3 is 2.60 bits per heavy atom. The number of ether oxygens (including phenoxy) is 1. The summed E-state index contributed by atoms with van der Waals surface area (Å²) >= 11 is 1.38. The Kier molecular flexibility index (Phi) is 6.95. The molecule has 5 nitrogen and oxygen atoms in total. The highest BCUT2D eigenvalue weighted by molar-refractivity contribution is 7.99. The third-order valence-electron chi connectivity index (χ3n) is 4.37. The Bertz CT molecular complexity index is 1060. The first kappa shape index (κ1) is 22.1. The third kappa shape index (κ3) is 5.93. The van der Waals surface area contributed by atoms with Gasteiger partial charge in [0.1, 0.15) is 18.2 Å². The first-order chi connectivity index (χ1) is 14.2. The molecular weight excluding hydrogens is 403 g/mol. The quantitative estimate of drug-likeness (QED) is 0.546. The summed E-state index contributed by atoms with van der Waals surface area (Å²) in [6, 6.07) is 11.8. The minimum absolute atomic E-state index is 0.178. The van der Waals surface area contributed by atoms with E-state index in [0.29, 0.717) is 22.9 Å². The fraction of sp³-hybridized carbons (Fsp3) is 0.304. The largest absolute Gasteiger partial charge is 0.490 e. The zero-order chi connectivity index (χ0) is 21.7. The average molecular weight is 429 g/mol. The molecule has 0 unspecified atom stereocenters. The summed E-state index contributed by atoms with van der Waals surface area (Å²) in [5.41, 5.74) is 1.48. The minimum atomic E-state index is -0.923. The van der Waals surface area contributed by atoms with Crippen LogP contribution >= 0.6 is 11.8 Å². The van der Waals surface area contributed by atoms with Gasteiger partial charge >= 0.3 is 0 Å². The molecule has 7 heteroatoms. The van der Waals surface area contributed by atoms with Crippen molar-refractivity contribution in [1.82, 2.24) is 9.55 Å². The van der Waals surface area contributed by atoms with Crippen LogP contribution < -0.4 is 10.3 Å². The lowest BCUT2D eigenvalue weighted by atomic mass is 10.1. The molecule has 0 aliphatic rings. The molecule has 30 heavy (non-hydrogen) atoms. The van der Waals surface area contributed by atoms with Crippen molar-refractivity contribution >= 4 is 11.8 Å². The standard InChI is InChI=1S/C23H25FN2O3S/c1-16-14-19(8-9-20(16)29-15-23(2,3)28)26-12-11-25-21(22(26)27)30-13-10-17-4-6-18(24)7-5-17/h4-9,11-12,14,28H,10,13,15H2,1-3H3. The molecule has 1 N–H and O–H groups in total. The first-order valence-electron chi connectivity index (χ1n) is 9.64. The Labute approximate surface area is 179 Å². The van der Waals surface area contributed by atoms with Crippen LogP contribution in [-0.4, -0.2) is 32.6 Å². The fourth-order valence-electron chi connectivity index (χ4n) is 2.81. The SMILES string of the molecule is Cc1cc(-n2ccnc(SCCc3ccc(F)cc3)c2=O)ccc1OCC(C)(C)O. The smallest absolute Gasteiger partial charge is 0.287 e. The normalized spacial score (nSPS) is 11.5. The predicted octanol–water partition coefficient (Wildman–Crippen LogP) is 4.16. The summed E-state index contributed by atoms with van der Waals surface area (Å²) in [6.07, 6.45) is 3.96. The van der Waals surface area contributed by atoms with Crippen LogP contribution in [0.25, 0.3) is 5.69 Å². The number of benzene rings is 2. The van der Waals surface area contributed by atoms with Crippen molar-refractivity contribution in [3.8, 4) is 11.4 Å². The van der Waals surface area contributed by atoms with Crippen molar-refractivity contribution in [3.05, 3.63) is 82.2 Å². The van der Waals surface area contributed by atoms with Crippen LogP contribution in [0.15, 0.2) is 64.7 Å². The molecule has 0 saturated heterocycles. The van der Waals surface area contributed by atoms with Gasteiger partial charge < -0.3 is 9.84 Å². The second-order valence-electron chi connectivity index (χ2n) is 7.68. The summed E-state index contributed by atoms with van der Waals surface area (Å²) in [7, 11) is 0. The maximum atomic E-state index is 13.0. The molecule has 1 aromatic heterocycles. The van der Waals surface area contributed by atoms with Crippen molar-refractivity contribution in [2.45, 2.75) is 37.8 Å². The highest BCUT2D eigenvalue weighted by atomic mass is 32.2. The monoisotopic (exact) mass is 428 g/mol. The van der Waals surface area contributed by atoms with Gasteiger partial charge in [0.05, 0.1) is 5.60 Å². The molecule has 0 saturated carbocycles. The number of aliphatic hydroxyl groups is 1. The number of hydrogen-bond donors (Lipinski definition) is 1. The number of hydrogen-bond acceptors (Lipinski definition) is 5. The molecular formula is C23H25FN2O3S. The van der Waals surface area contributed by atoms with Gasteiger partial charge in [0.2, 0.25) is 0 Å². The van der Waals surface area contributed by atoms with Crippen molar-refractivity contribution in [2.24, 2.45) is 0 Å². The number of thioether (sulfide) groups is 1. The number of rotatable bonds is 8. The van der Waals surface area contributed by atoms with Gasteiger partial charge in [0, 0.05) is 23.8 Å². The van der Waals surface area contributed by atoms with Gasteiger partial charge in [0.25, 0.3) is 5.56 Å². The molecule has 0 aliphatic carbocycles. The van der Waals surface area contributed by atoms with Crippen LogP contribution in [0.3, 0.4) is 0 Å². The van der Waals surface area contributed by atoms with E-state index in [9.17, 15) is 14.3 Å². The van der Waals surface area contributed by atoms with Crippen LogP contribution in [-0.2, 0) is 6.42 Å². The molecule has 0 bridgehead atoms. The highest BCUT2D eigenvalue weighted by Crippen LogP contribution is 2.22. The lowest BCUT2D eigenvalue weighted by Crippen LogP contribution is -2.28. The number of halogens is 1. The number of nitrogens with zero attached hydrogens (tertiary/aromatic N) is 2. The van der Waals surface area contributed by atoms with E-state index >= 15 is 0 Å². The zero-order valence-electron chi connectivity index (χ0n) is 17.3. The van der Waals surface area contributed by atoms with E-state index in [1.807, 2.05) is 13.0 Å². The van der Waals surface area contributed by atoms with E-state index in [1.54, 1.807) is 55.1 Å². The van der Waals surface area contributed by atoms with E-state index < -0.39 is 5.60 Å². The number of aryl methyl sites for hydroxylation is 2. The molecule has 0 atom stereocenters. The van der Waals surface area contributed by atoms with Crippen LogP contribution in [0.5, 0.6) is 5.75 Å². The van der Waals surface area contributed by atoms with E-state index in [-0.39, 0.29) is 18.0 Å². The van der Waals surface area contributed by atoms with Gasteiger partial charge in [-0.05, 0) is 68.7 Å². The average Bonchev–Trinajstić information content (AvgIpc) is 2.69. The van der Waals surface area contributed by atoms with E-state index in [2.05, 4.69) is 4.98 Å². The summed E-state index contributed by atoms with van der Waals surface area (Å²) in [5.74, 6) is 1.07. The van der Waals surface area contributed by atoms with Crippen LogP contribution in [0.4, 0.5) is 4.39 Å². The third-order valence-corrected chi connectivity index (χ3v) is 5.33. The predicted molar refractivity (Wildman–Crippen MR) is 117 cm³/mol. The molecule has 0 amide bonds. The van der Waals surface area contributed by atoms with Gasteiger partial charge in [-0.25, -0.2) is 9.37 Å². The molecule has 3 rings (SSSR count). The molecule has 1 heterocycles. The van der Waals surface area contributed by atoms with Crippen LogP contribution in [0.1, 0.15) is 25.0 Å². The van der Waals surface area contributed by atoms with Crippen molar-refractivity contribution < 1.29 is 14.2 Å². The summed E-state index contributed by atoms with van der Waals surface area (Å²) in [4.78, 5) is 17.1. The Balaban J connectivity index is 1.71. The summed E-state index contributed by atoms with van der Waals surface area (Å²) in [5, 5.41) is 10.2. The molecule has 0 spiro atoms. The van der Waals surface area contributed by atoms with E-state index in [1.165, 1.54) is 23.9 Å². The minimum Gasteiger partial charge on any atom is -0.490 e. The maximum absolute atomic E-state index is 13.0. The van der Waals surface area contributed by atoms with Crippen molar-refractivity contribution in [2.75, 3.05) is 12.4 Å². The Morgan fingerprint density at radius 1 is 1.20 bits per heavy atom. The fourth-order valence-corrected chi connectivity index (χ4v) is 3.70. The van der Waals surface area contributed by atoms with Gasteiger partial charge in [-0.3, -0.25) is 9.36 Å². The second-order valence-corrected chi connectivity index (χ2v) is 8.77. The number of aromatic nitrogens is 2. The Morgan fingerprint density at radius 2 is 1.93 bits per heavy atom. The first-order valence-corrected chi connectivity index (χ1v) is 10.6. The molecule has 0 aliphatic heterocycles. The van der Waals surface area contributed by atoms with E-state index in [0.717, 1.165) is 16.8 Å². The van der Waals surface area contributed by atoms with Crippen LogP contribution in [0, 0.1) is 12.7 Å². The zero-order valence-corrected chi connectivity index (χ0v) is 18.1. The lowest BCUT2D eigenvalue weighted by Gasteiger charge is -2.19. The van der Waals surface area contributed by atoms with Gasteiger partial charge in [0.15, 0.2) is 5.03 Å². The van der Waals surface area contributed by atoms with Gasteiger partial charge in [-0.1, -0.05) is 12.1 Å². The van der Waals surface area contributed by atoms with Crippen LogP contribution in [0.2, 0.25) is 0 Å². The molecule has 158 valence electrons.